The number of carbonyl (C=O) groups excluding carboxylic acids is 1. The van der Waals surface area contributed by atoms with Gasteiger partial charge in [-0.15, -0.1) is 24.8 Å². The highest BCUT2D eigenvalue weighted by Gasteiger charge is 2.39. The van der Waals surface area contributed by atoms with Crippen LogP contribution in [-0.4, -0.2) is 30.4 Å². The Morgan fingerprint density at radius 2 is 1.54 bits per heavy atom. The van der Waals surface area contributed by atoms with E-state index in [1.165, 1.54) is 37.9 Å². The lowest BCUT2D eigenvalue weighted by Gasteiger charge is -2.26. The molecule has 1 aromatic rings. The first-order valence-corrected chi connectivity index (χ1v) is 9.50. The number of benzene rings is 1. The number of nitrogens with two attached hydrogens (primary N) is 1. The molecule has 0 atom stereocenters. The first kappa shape index (κ1) is 23.2. The third kappa shape index (κ3) is 5.85. The minimum atomic E-state index is -0.311. The summed E-state index contributed by atoms with van der Waals surface area (Å²) in [6.45, 7) is 4.55. The molecule has 1 amide bonds. The lowest BCUT2D eigenvalue weighted by atomic mass is 9.85. The molecule has 1 saturated carbocycles. The number of rotatable bonds is 6. The summed E-state index contributed by atoms with van der Waals surface area (Å²) in [4.78, 5) is 15.0. The number of halogens is 2. The van der Waals surface area contributed by atoms with Gasteiger partial charge in [0.25, 0.3) is 0 Å². The number of likely N-dealkylation sites (tertiary alicyclic amines) is 1. The van der Waals surface area contributed by atoms with Crippen molar-refractivity contribution in [2.45, 2.75) is 58.0 Å². The molecule has 1 heterocycles. The second kappa shape index (κ2) is 11.1. The average molecular weight is 402 g/mol. The molecule has 4 nitrogen and oxygen atoms in total. The van der Waals surface area contributed by atoms with Crippen LogP contribution < -0.4 is 11.1 Å². The predicted octanol–water partition coefficient (Wildman–Crippen LogP) is 3.65. The molecule has 0 unspecified atom stereocenters. The van der Waals surface area contributed by atoms with Crippen molar-refractivity contribution >= 4 is 30.7 Å². The number of nitrogens with one attached hydrogen (secondary N) is 1. The molecular formula is C20H33Cl2N3O. The summed E-state index contributed by atoms with van der Waals surface area (Å²) < 4.78 is 0. The van der Waals surface area contributed by atoms with Crippen molar-refractivity contribution in [3.05, 3.63) is 35.4 Å². The zero-order chi connectivity index (χ0) is 16.8. The quantitative estimate of drug-likeness (QED) is 0.764. The monoisotopic (exact) mass is 401 g/mol. The molecule has 1 aromatic carbocycles. The fourth-order valence-corrected chi connectivity index (χ4v) is 4.08. The van der Waals surface area contributed by atoms with Crippen molar-refractivity contribution < 1.29 is 4.79 Å². The number of hydrogen-bond acceptors (Lipinski definition) is 3. The van der Waals surface area contributed by atoms with Gasteiger partial charge in [-0.05, 0) is 49.9 Å². The standard InChI is InChI=1S/C20H31N3O.2ClH/c21-16-20(10-2-3-11-20)19(24)22-14-17-6-8-18(9-7-17)15-23-12-4-1-5-13-23;;/h6-9H,1-5,10-16,21H2,(H,22,24);2*1H. The van der Waals surface area contributed by atoms with E-state index in [9.17, 15) is 4.79 Å². The van der Waals surface area contributed by atoms with Crippen LogP contribution in [0.15, 0.2) is 24.3 Å². The molecular weight excluding hydrogens is 369 g/mol. The van der Waals surface area contributed by atoms with Gasteiger partial charge in [-0.2, -0.15) is 0 Å². The van der Waals surface area contributed by atoms with Crippen LogP contribution in [0.3, 0.4) is 0 Å². The molecule has 1 saturated heterocycles. The maximum Gasteiger partial charge on any atom is 0.227 e. The maximum absolute atomic E-state index is 12.5. The van der Waals surface area contributed by atoms with Crippen LogP contribution in [0.2, 0.25) is 0 Å². The molecule has 0 radical (unpaired) electrons. The van der Waals surface area contributed by atoms with E-state index in [0.717, 1.165) is 37.8 Å². The Hall–Kier alpha value is -0.810. The average Bonchev–Trinajstić information content (AvgIpc) is 3.12. The molecule has 0 bridgehead atoms. The molecule has 26 heavy (non-hydrogen) atoms. The van der Waals surface area contributed by atoms with Gasteiger partial charge < -0.3 is 11.1 Å². The highest BCUT2D eigenvalue weighted by Crippen LogP contribution is 2.37. The Bertz CT molecular complexity index is 538. The zero-order valence-corrected chi connectivity index (χ0v) is 17.2. The summed E-state index contributed by atoms with van der Waals surface area (Å²) in [7, 11) is 0. The van der Waals surface area contributed by atoms with Gasteiger partial charge in [-0.3, -0.25) is 9.69 Å². The summed E-state index contributed by atoms with van der Waals surface area (Å²) >= 11 is 0. The van der Waals surface area contributed by atoms with E-state index in [2.05, 4.69) is 34.5 Å². The largest absolute Gasteiger partial charge is 0.352 e. The van der Waals surface area contributed by atoms with E-state index in [1.54, 1.807) is 0 Å². The summed E-state index contributed by atoms with van der Waals surface area (Å²) in [5, 5.41) is 3.10. The fraction of sp³-hybridized carbons (Fsp3) is 0.650. The molecule has 1 aliphatic heterocycles. The zero-order valence-electron chi connectivity index (χ0n) is 15.5. The maximum atomic E-state index is 12.5. The highest BCUT2D eigenvalue weighted by molar-refractivity contribution is 5.85. The van der Waals surface area contributed by atoms with Crippen molar-refractivity contribution in [2.24, 2.45) is 11.1 Å². The van der Waals surface area contributed by atoms with Crippen LogP contribution in [-0.2, 0) is 17.9 Å². The van der Waals surface area contributed by atoms with Crippen molar-refractivity contribution in [1.29, 1.82) is 0 Å². The van der Waals surface area contributed by atoms with Crippen LogP contribution in [0.25, 0.3) is 0 Å². The molecule has 0 aromatic heterocycles. The Labute approximate surface area is 170 Å². The first-order valence-electron chi connectivity index (χ1n) is 9.50. The van der Waals surface area contributed by atoms with Gasteiger partial charge in [-0.25, -0.2) is 0 Å². The van der Waals surface area contributed by atoms with E-state index in [0.29, 0.717) is 13.1 Å². The van der Waals surface area contributed by atoms with Gasteiger partial charge >= 0.3 is 0 Å². The van der Waals surface area contributed by atoms with Gasteiger partial charge in [0, 0.05) is 19.6 Å². The molecule has 3 N–H and O–H groups in total. The summed E-state index contributed by atoms with van der Waals surface area (Å²) in [6.07, 6.45) is 8.14. The molecule has 3 rings (SSSR count). The van der Waals surface area contributed by atoms with Crippen LogP contribution in [0.1, 0.15) is 56.1 Å². The number of hydrogen-bond donors (Lipinski definition) is 2. The second-order valence-corrected chi connectivity index (χ2v) is 7.53. The lowest BCUT2D eigenvalue weighted by Crippen LogP contribution is -2.43. The van der Waals surface area contributed by atoms with Crippen molar-refractivity contribution in [2.75, 3.05) is 19.6 Å². The van der Waals surface area contributed by atoms with E-state index < -0.39 is 0 Å². The summed E-state index contributed by atoms with van der Waals surface area (Å²) in [5.41, 5.74) is 8.10. The third-order valence-electron chi connectivity index (χ3n) is 5.76. The topological polar surface area (TPSA) is 58.4 Å². The van der Waals surface area contributed by atoms with Crippen molar-refractivity contribution in [3.63, 3.8) is 0 Å². The number of carbonyl (C=O) groups is 1. The van der Waals surface area contributed by atoms with Gasteiger partial charge in [-0.1, -0.05) is 43.5 Å². The minimum absolute atomic E-state index is 0. The van der Waals surface area contributed by atoms with Gasteiger partial charge in [0.2, 0.25) is 5.91 Å². The number of piperidine rings is 1. The lowest BCUT2D eigenvalue weighted by molar-refractivity contribution is -0.130. The molecule has 2 aliphatic rings. The molecule has 0 spiro atoms. The van der Waals surface area contributed by atoms with Crippen molar-refractivity contribution in [1.82, 2.24) is 10.2 Å². The summed E-state index contributed by atoms with van der Waals surface area (Å²) in [6, 6.07) is 8.68. The normalized spacial score (nSPS) is 19.3. The highest BCUT2D eigenvalue weighted by atomic mass is 35.5. The SMILES string of the molecule is Cl.Cl.NCC1(C(=O)NCc2ccc(CN3CCCCC3)cc2)CCCC1. The molecule has 6 heteroatoms. The second-order valence-electron chi connectivity index (χ2n) is 7.53. The molecule has 2 fully saturated rings. The van der Waals surface area contributed by atoms with Crippen LogP contribution in [0, 0.1) is 5.41 Å². The molecule has 148 valence electrons. The smallest absolute Gasteiger partial charge is 0.227 e. The van der Waals surface area contributed by atoms with E-state index in [-0.39, 0.29) is 36.1 Å². The van der Waals surface area contributed by atoms with Crippen LogP contribution in [0.5, 0.6) is 0 Å². The Balaban J connectivity index is 0.00000169. The van der Waals surface area contributed by atoms with Crippen LogP contribution in [0.4, 0.5) is 0 Å². The minimum Gasteiger partial charge on any atom is -0.352 e. The fourth-order valence-electron chi connectivity index (χ4n) is 4.08. The first-order chi connectivity index (χ1) is 11.7. The Morgan fingerprint density at radius 3 is 2.12 bits per heavy atom. The Kier molecular flexibility index (Phi) is 9.94. The van der Waals surface area contributed by atoms with E-state index >= 15 is 0 Å². The predicted molar refractivity (Wildman–Crippen MR) is 112 cm³/mol. The van der Waals surface area contributed by atoms with Crippen molar-refractivity contribution in [3.8, 4) is 0 Å². The van der Waals surface area contributed by atoms with Crippen LogP contribution >= 0.6 is 24.8 Å². The van der Waals surface area contributed by atoms with Gasteiger partial charge in [0.15, 0.2) is 0 Å². The third-order valence-corrected chi connectivity index (χ3v) is 5.76. The molecule has 1 aliphatic carbocycles. The number of amides is 1. The summed E-state index contributed by atoms with van der Waals surface area (Å²) in [5.74, 6) is 0.139. The Morgan fingerprint density at radius 1 is 0.962 bits per heavy atom. The van der Waals surface area contributed by atoms with Gasteiger partial charge in [0.1, 0.15) is 0 Å². The number of nitrogens with zero attached hydrogens (tertiary/aromatic N) is 1. The van der Waals surface area contributed by atoms with E-state index in [4.69, 9.17) is 5.73 Å². The van der Waals surface area contributed by atoms with E-state index in [1.807, 2.05) is 0 Å². The van der Waals surface area contributed by atoms with Gasteiger partial charge in [0.05, 0.1) is 5.41 Å².